The molecule has 2 nitrogen and oxygen atoms in total. The van der Waals surface area contributed by atoms with Gasteiger partial charge >= 0.3 is 0 Å². The molecule has 0 radical (unpaired) electrons. The van der Waals surface area contributed by atoms with Crippen LogP contribution in [-0.2, 0) is 0 Å². The van der Waals surface area contributed by atoms with Crippen LogP contribution in [0.3, 0.4) is 0 Å². The van der Waals surface area contributed by atoms with Crippen molar-refractivity contribution >= 4 is 5.69 Å². The molecule has 2 N–H and O–H groups in total. The molecule has 1 aromatic rings. The topological polar surface area (TPSA) is 32.3 Å². The molecule has 0 fully saturated rings. The van der Waals surface area contributed by atoms with Gasteiger partial charge in [0.1, 0.15) is 0 Å². The number of para-hydroxylation sites is 1. The van der Waals surface area contributed by atoms with Crippen LogP contribution in [0.4, 0.5) is 5.69 Å². The van der Waals surface area contributed by atoms with E-state index in [2.05, 4.69) is 11.9 Å². The first-order valence-electron chi connectivity index (χ1n) is 4.76. The average molecular weight is 191 g/mol. The zero-order chi connectivity index (χ0) is 10.6. The van der Waals surface area contributed by atoms with Crippen molar-refractivity contribution in [2.45, 2.75) is 26.0 Å². The van der Waals surface area contributed by atoms with Gasteiger partial charge in [-0.2, -0.15) is 0 Å². The normalized spacial score (nSPS) is 14.5. The lowest BCUT2D eigenvalue weighted by Crippen LogP contribution is -2.32. The lowest BCUT2D eigenvalue weighted by atomic mass is 10.1. The molecule has 0 saturated heterocycles. The van der Waals surface area contributed by atoms with Gasteiger partial charge in [0.05, 0.1) is 12.1 Å². The Bertz CT molecular complexity index is 292. The van der Waals surface area contributed by atoms with Gasteiger partial charge in [-0.15, -0.1) is 0 Å². The van der Waals surface area contributed by atoms with Crippen molar-refractivity contribution in [3.63, 3.8) is 0 Å². The third-order valence-corrected chi connectivity index (χ3v) is 2.11. The second kappa shape index (κ2) is 4.82. The molecule has 1 rings (SSSR count). The first-order chi connectivity index (χ1) is 6.61. The molecule has 0 heterocycles. The van der Waals surface area contributed by atoms with Crippen molar-refractivity contribution in [3.05, 3.63) is 42.5 Å². The van der Waals surface area contributed by atoms with E-state index in [1.165, 1.54) is 0 Å². The van der Waals surface area contributed by atoms with Gasteiger partial charge in [-0.3, -0.25) is 0 Å². The highest BCUT2D eigenvalue weighted by Crippen LogP contribution is 2.13. The van der Waals surface area contributed by atoms with E-state index in [0.29, 0.717) is 0 Å². The zero-order valence-corrected chi connectivity index (χ0v) is 8.70. The highest BCUT2D eigenvalue weighted by atomic mass is 16.3. The van der Waals surface area contributed by atoms with Gasteiger partial charge in [0, 0.05) is 5.69 Å². The summed E-state index contributed by atoms with van der Waals surface area (Å²) >= 11 is 0. The summed E-state index contributed by atoms with van der Waals surface area (Å²) < 4.78 is 0. The highest BCUT2D eigenvalue weighted by Gasteiger charge is 2.14. The SMILES string of the molecule is C=C(C)[C@@H](Nc1ccccc1)[C@H](C)O. The van der Waals surface area contributed by atoms with Crippen LogP contribution in [0.2, 0.25) is 0 Å². The lowest BCUT2D eigenvalue weighted by Gasteiger charge is -2.22. The number of hydrogen-bond donors (Lipinski definition) is 2. The van der Waals surface area contributed by atoms with Crippen LogP contribution in [0.15, 0.2) is 42.5 Å². The van der Waals surface area contributed by atoms with Crippen molar-refractivity contribution < 1.29 is 5.11 Å². The molecule has 14 heavy (non-hydrogen) atoms. The van der Waals surface area contributed by atoms with Crippen LogP contribution < -0.4 is 5.32 Å². The molecule has 0 spiro atoms. The second-order valence-corrected chi connectivity index (χ2v) is 3.57. The molecule has 0 aliphatic rings. The Morgan fingerprint density at radius 1 is 1.36 bits per heavy atom. The summed E-state index contributed by atoms with van der Waals surface area (Å²) in [5.74, 6) is 0. The number of hydrogen-bond acceptors (Lipinski definition) is 2. The van der Waals surface area contributed by atoms with E-state index < -0.39 is 6.10 Å². The lowest BCUT2D eigenvalue weighted by molar-refractivity contribution is 0.183. The van der Waals surface area contributed by atoms with Gasteiger partial charge in [0.2, 0.25) is 0 Å². The minimum Gasteiger partial charge on any atom is -0.391 e. The minimum absolute atomic E-state index is 0.0857. The molecule has 76 valence electrons. The Morgan fingerprint density at radius 2 is 1.93 bits per heavy atom. The van der Waals surface area contributed by atoms with Crippen molar-refractivity contribution in [1.29, 1.82) is 0 Å². The maximum absolute atomic E-state index is 9.52. The number of aliphatic hydroxyl groups is 1. The summed E-state index contributed by atoms with van der Waals surface area (Å²) in [5.41, 5.74) is 1.94. The highest BCUT2D eigenvalue weighted by molar-refractivity contribution is 5.45. The van der Waals surface area contributed by atoms with E-state index in [1.54, 1.807) is 6.92 Å². The summed E-state index contributed by atoms with van der Waals surface area (Å²) in [6.45, 7) is 7.52. The first-order valence-corrected chi connectivity index (χ1v) is 4.76. The number of benzene rings is 1. The summed E-state index contributed by atoms with van der Waals surface area (Å²) in [6.07, 6.45) is -0.437. The number of anilines is 1. The van der Waals surface area contributed by atoms with Gasteiger partial charge in [-0.05, 0) is 26.0 Å². The third kappa shape index (κ3) is 2.89. The summed E-state index contributed by atoms with van der Waals surface area (Å²) in [4.78, 5) is 0. The molecule has 0 unspecified atom stereocenters. The molecule has 0 amide bonds. The molecule has 0 bridgehead atoms. The van der Waals surface area contributed by atoms with Crippen LogP contribution in [0.1, 0.15) is 13.8 Å². The maximum Gasteiger partial charge on any atom is 0.0751 e. The van der Waals surface area contributed by atoms with Crippen LogP contribution in [0.25, 0.3) is 0 Å². The quantitative estimate of drug-likeness (QED) is 0.716. The Morgan fingerprint density at radius 3 is 2.36 bits per heavy atom. The number of nitrogens with one attached hydrogen (secondary N) is 1. The molecule has 0 aliphatic heterocycles. The van der Waals surface area contributed by atoms with Gasteiger partial charge in [-0.25, -0.2) is 0 Å². The van der Waals surface area contributed by atoms with E-state index in [9.17, 15) is 5.11 Å². The number of rotatable bonds is 4. The van der Waals surface area contributed by atoms with E-state index in [1.807, 2.05) is 37.3 Å². The van der Waals surface area contributed by atoms with E-state index in [0.717, 1.165) is 11.3 Å². The molecule has 0 aromatic heterocycles. The van der Waals surface area contributed by atoms with Crippen LogP contribution in [0.5, 0.6) is 0 Å². The molecule has 1 aromatic carbocycles. The van der Waals surface area contributed by atoms with Crippen molar-refractivity contribution in [3.8, 4) is 0 Å². The largest absolute Gasteiger partial charge is 0.391 e. The van der Waals surface area contributed by atoms with E-state index in [-0.39, 0.29) is 6.04 Å². The Balaban J connectivity index is 2.70. The standard InChI is InChI=1S/C12H17NO/c1-9(2)12(10(3)14)13-11-7-5-4-6-8-11/h4-8,10,12-14H,1H2,2-3H3/t10-,12+/m0/s1. The Kier molecular flexibility index (Phi) is 3.72. The fourth-order valence-electron chi connectivity index (χ4n) is 1.37. The Hall–Kier alpha value is -1.28. The van der Waals surface area contributed by atoms with Crippen molar-refractivity contribution in [2.75, 3.05) is 5.32 Å². The molecule has 0 aliphatic carbocycles. The van der Waals surface area contributed by atoms with Gasteiger partial charge in [0.15, 0.2) is 0 Å². The van der Waals surface area contributed by atoms with Gasteiger partial charge in [-0.1, -0.05) is 30.4 Å². The molecular formula is C12H17NO. The van der Waals surface area contributed by atoms with Crippen LogP contribution in [0, 0.1) is 0 Å². The monoisotopic (exact) mass is 191 g/mol. The van der Waals surface area contributed by atoms with Crippen molar-refractivity contribution in [2.24, 2.45) is 0 Å². The predicted octanol–water partition coefficient (Wildman–Crippen LogP) is 2.42. The van der Waals surface area contributed by atoms with Gasteiger partial charge in [0.25, 0.3) is 0 Å². The zero-order valence-electron chi connectivity index (χ0n) is 8.70. The summed E-state index contributed by atoms with van der Waals surface area (Å²) in [6, 6.07) is 9.73. The fourth-order valence-corrected chi connectivity index (χ4v) is 1.37. The van der Waals surface area contributed by atoms with Gasteiger partial charge < -0.3 is 10.4 Å². The second-order valence-electron chi connectivity index (χ2n) is 3.57. The molecule has 2 heteroatoms. The summed E-state index contributed by atoms with van der Waals surface area (Å²) in [5, 5.41) is 12.7. The Labute approximate surface area is 85.3 Å². The maximum atomic E-state index is 9.52. The van der Waals surface area contributed by atoms with Crippen molar-refractivity contribution in [1.82, 2.24) is 0 Å². The fraction of sp³-hybridized carbons (Fsp3) is 0.333. The smallest absolute Gasteiger partial charge is 0.0751 e. The van der Waals surface area contributed by atoms with Crippen LogP contribution >= 0.6 is 0 Å². The molecular weight excluding hydrogens is 174 g/mol. The van der Waals surface area contributed by atoms with Crippen LogP contribution in [-0.4, -0.2) is 17.3 Å². The summed E-state index contributed by atoms with van der Waals surface area (Å²) in [7, 11) is 0. The predicted molar refractivity (Wildman–Crippen MR) is 60.3 cm³/mol. The third-order valence-electron chi connectivity index (χ3n) is 2.11. The number of aliphatic hydroxyl groups excluding tert-OH is 1. The molecule has 2 atom stereocenters. The van der Waals surface area contributed by atoms with E-state index in [4.69, 9.17) is 0 Å². The minimum atomic E-state index is -0.437. The average Bonchev–Trinajstić information content (AvgIpc) is 2.15. The molecule has 0 saturated carbocycles. The van der Waals surface area contributed by atoms with E-state index >= 15 is 0 Å². The first kappa shape index (κ1) is 10.8.